The van der Waals surface area contributed by atoms with Crippen molar-refractivity contribution in [3.8, 4) is 0 Å². The number of piperidine rings is 1. The first-order valence-electron chi connectivity index (χ1n) is 8.65. The van der Waals surface area contributed by atoms with Gasteiger partial charge in [-0.2, -0.15) is 0 Å². The van der Waals surface area contributed by atoms with Crippen LogP contribution in [0.2, 0.25) is 18.1 Å². The summed E-state index contributed by atoms with van der Waals surface area (Å²) in [4.78, 5) is 12.4. The Bertz CT molecular complexity index is 735. The van der Waals surface area contributed by atoms with Crippen LogP contribution in [0.1, 0.15) is 39.2 Å². The van der Waals surface area contributed by atoms with E-state index in [9.17, 15) is 13.2 Å². The van der Waals surface area contributed by atoms with Crippen molar-refractivity contribution in [3.63, 3.8) is 0 Å². The van der Waals surface area contributed by atoms with E-state index in [2.05, 4.69) is 33.9 Å². The summed E-state index contributed by atoms with van der Waals surface area (Å²) in [6.07, 6.45) is 0.536. The van der Waals surface area contributed by atoms with Gasteiger partial charge in [-0.3, -0.25) is 4.79 Å². The number of carbonyl (C=O) groups excluding carboxylic acids is 1. The molecule has 140 valence electrons. The maximum atomic E-state index is 12.9. The molecular formula is C18H29NO4SSi. The van der Waals surface area contributed by atoms with Crippen molar-refractivity contribution in [1.82, 2.24) is 4.31 Å². The normalized spacial score (nSPS) is 20.0. The summed E-state index contributed by atoms with van der Waals surface area (Å²) in [5.74, 6) is -0.351. The minimum absolute atomic E-state index is 0.0368. The van der Waals surface area contributed by atoms with E-state index in [-0.39, 0.29) is 34.9 Å². The van der Waals surface area contributed by atoms with Gasteiger partial charge >= 0.3 is 0 Å². The summed E-state index contributed by atoms with van der Waals surface area (Å²) in [5, 5.41) is 0.0368. The second kappa shape index (κ2) is 6.85. The average Bonchev–Trinajstić information content (AvgIpc) is 2.48. The van der Waals surface area contributed by atoms with E-state index < -0.39 is 18.3 Å². The molecule has 2 rings (SSSR count). The van der Waals surface area contributed by atoms with Gasteiger partial charge in [0.2, 0.25) is 5.91 Å². The van der Waals surface area contributed by atoms with Gasteiger partial charge < -0.3 is 4.43 Å². The number of benzene rings is 1. The molecule has 0 radical (unpaired) electrons. The molecule has 1 aliphatic heterocycles. The van der Waals surface area contributed by atoms with Crippen LogP contribution < -0.4 is 0 Å². The molecule has 1 aromatic rings. The van der Waals surface area contributed by atoms with E-state index in [1.54, 1.807) is 24.3 Å². The van der Waals surface area contributed by atoms with Crippen LogP contribution >= 0.6 is 0 Å². The highest BCUT2D eigenvalue weighted by molar-refractivity contribution is 7.89. The number of aryl methyl sites for hydroxylation is 1. The van der Waals surface area contributed by atoms with Gasteiger partial charge in [0.15, 0.2) is 8.32 Å². The molecular weight excluding hydrogens is 354 g/mol. The number of hydrogen-bond acceptors (Lipinski definition) is 4. The molecule has 1 atom stereocenters. The van der Waals surface area contributed by atoms with Gasteiger partial charge in [0.05, 0.1) is 17.5 Å². The van der Waals surface area contributed by atoms with E-state index >= 15 is 0 Å². The first kappa shape index (κ1) is 20.1. The monoisotopic (exact) mass is 383 g/mol. The number of sulfonamides is 1. The van der Waals surface area contributed by atoms with Crippen molar-refractivity contribution in [3.05, 3.63) is 29.8 Å². The molecule has 0 unspecified atom stereocenters. The lowest BCUT2D eigenvalue weighted by Crippen LogP contribution is -2.52. The molecule has 0 saturated carbocycles. The van der Waals surface area contributed by atoms with E-state index in [0.29, 0.717) is 6.42 Å². The maximum absolute atomic E-state index is 12.9. The third-order valence-electron chi connectivity index (χ3n) is 5.20. The van der Waals surface area contributed by atoms with Crippen LogP contribution in [0.4, 0.5) is 0 Å². The van der Waals surface area contributed by atoms with Crippen LogP contribution in [0.3, 0.4) is 0 Å². The summed E-state index contributed by atoms with van der Waals surface area (Å²) < 4.78 is 33.1. The zero-order valence-electron chi connectivity index (χ0n) is 16.0. The largest absolute Gasteiger partial charge is 0.412 e. The first-order chi connectivity index (χ1) is 11.3. The highest BCUT2D eigenvalue weighted by Gasteiger charge is 2.42. The summed E-state index contributed by atoms with van der Waals surface area (Å²) in [6, 6.07) is 6.59. The van der Waals surface area contributed by atoms with Crippen LogP contribution in [0, 0.1) is 6.92 Å². The van der Waals surface area contributed by atoms with Crippen molar-refractivity contribution in [2.75, 3.05) is 6.54 Å². The molecule has 7 heteroatoms. The number of nitrogens with zero attached hydrogens (tertiary/aromatic N) is 1. The number of hydrogen-bond donors (Lipinski definition) is 0. The minimum atomic E-state index is -3.83. The summed E-state index contributed by atoms with van der Waals surface area (Å²) in [7, 11) is -5.86. The van der Waals surface area contributed by atoms with Crippen LogP contribution in [0.5, 0.6) is 0 Å². The quantitative estimate of drug-likeness (QED) is 0.744. The predicted molar refractivity (Wildman–Crippen MR) is 101 cm³/mol. The molecule has 0 aliphatic carbocycles. The Balaban J connectivity index is 2.23. The van der Waals surface area contributed by atoms with E-state index in [1.165, 1.54) is 0 Å². The number of amides is 1. The maximum Gasteiger partial charge on any atom is 0.266 e. The molecule has 1 fully saturated rings. The highest BCUT2D eigenvalue weighted by atomic mass is 32.2. The Labute approximate surface area is 152 Å². The van der Waals surface area contributed by atoms with Gasteiger partial charge in [-0.15, -0.1) is 0 Å². The Morgan fingerprint density at radius 1 is 1.16 bits per heavy atom. The lowest BCUT2D eigenvalue weighted by molar-refractivity contribution is -0.130. The van der Waals surface area contributed by atoms with Crippen LogP contribution in [0.15, 0.2) is 29.2 Å². The van der Waals surface area contributed by atoms with Gasteiger partial charge in [-0.05, 0) is 43.6 Å². The molecule has 1 heterocycles. The number of carbonyl (C=O) groups is 1. The van der Waals surface area contributed by atoms with Crippen molar-refractivity contribution >= 4 is 24.2 Å². The summed E-state index contributed by atoms with van der Waals surface area (Å²) >= 11 is 0. The Morgan fingerprint density at radius 2 is 1.72 bits per heavy atom. The van der Waals surface area contributed by atoms with Gasteiger partial charge in [0, 0.05) is 6.42 Å². The SMILES string of the molecule is Cc1ccc(S(=O)(=O)N2C[C@@H](O[Si](C)(C)C(C)(C)C)CCC2=O)cc1. The van der Waals surface area contributed by atoms with E-state index in [4.69, 9.17) is 4.43 Å². The molecule has 25 heavy (non-hydrogen) atoms. The smallest absolute Gasteiger partial charge is 0.266 e. The third-order valence-corrected chi connectivity index (χ3v) is 11.5. The molecule has 1 amide bonds. The molecule has 5 nitrogen and oxygen atoms in total. The second-order valence-electron chi connectivity index (χ2n) is 8.28. The minimum Gasteiger partial charge on any atom is -0.412 e. The zero-order chi connectivity index (χ0) is 19.0. The van der Waals surface area contributed by atoms with Crippen LogP contribution in [-0.2, 0) is 19.2 Å². The van der Waals surface area contributed by atoms with Crippen molar-refractivity contribution in [2.45, 2.75) is 69.7 Å². The second-order valence-corrected chi connectivity index (χ2v) is 14.9. The fraction of sp³-hybridized carbons (Fsp3) is 0.611. The lowest BCUT2D eigenvalue weighted by Gasteiger charge is -2.41. The van der Waals surface area contributed by atoms with Gasteiger partial charge in [-0.25, -0.2) is 12.7 Å². The fourth-order valence-electron chi connectivity index (χ4n) is 2.55. The predicted octanol–water partition coefficient (Wildman–Crippen LogP) is 3.70. The van der Waals surface area contributed by atoms with E-state index in [0.717, 1.165) is 9.87 Å². The third kappa shape index (κ3) is 4.32. The van der Waals surface area contributed by atoms with Crippen molar-refractivity contribution < 1.29 is 17.6 Å². The molecule has 1 aromatic carbocycles. The molecule has 0 aromatic heterocycles. The molecule has 1 aliphatic rings. The molecule has 0 bridgehead atoms. The van der Waals surface area contributed by atoms with Gasteiger partial charge in [0.25, 0.3) is 10.0 Å². The Hall–Kier alpha value is -1.18. The van der Waals surface area contributed by atoms with Crippen LogP contribution in [0.25, 0.3) is 0 Å². The zero-order valence-corrected chi connectivity index (χ0v) is 17.8. The average molecular weight is 384 g/mol. The summed E-state index contributed by atoms with van der Waals surface area (Å²) in [5.41, 5.74) is 0.975. The van der Waals surface area contributed by atoms with Crippen molar-refractivity contribution in [1.29, 1.82) is 0 Å². The Morgan fingerprint density at radius 3 is 2.24 bits per heavy atom. The molecule has 0 spiro atoms. The lowest BCUT2D eigenvalue weighted by atomic mass is 10.1. The fourth-order valence-corrected chi connectivity index (χ4v) is 5.38. The van der Waals surface area contributed by atoms with Crippen LogP contribution in [-0.4, -0.2) is 39.6 Å². The molecule has 0 N–H and O–H groups in total. The van der Waals surface area contributed by atoms with Crippen molar-refractivity contribution in [2.24, 2.45) is 0 Å². The van der Waals surface area contributed by atoms with Gasteiger partial charge in [0.1, 0.15) is 0 Å². The molecule has 1 saturated heterocycles. The first-order valence-corrected chi connectivity index (χ1v) is 13.0. The number of rotatable bonds is 4. The van der Waals surface area contributed by atoms with E-state index in [1.807, 2.05) is 6.92 Å². The Kier molecular flexibility index (Phi) is 5.52. The summed E-state index contributed by atoms with van der Waals surface area (Å²) in [6.45, 7) is 12.7. The standard InChI is InChI=1S/C18H29NO4SSi/c1-14-7-10-16(11-8-14)24(21,22)19-13-15(9-12-17(19)20)23-25(5,6)18(2,3)4/h7-8,10-11,15H,9,12-13H2,1-6H3/t15-/m0/s1. The van der Waals surface area contributed by atoms with Gasteiger partial charge in [-0.1, -0.05) is 38.5 Å². The topological polar surface area (TPSA) is 63.7 Å². The highest BCUT2D eigenvalue weighted by Crippen LogP contribution is 2.38.